The zero-order valence-electron chi connectivity index (χ0n) is 11.7. The van der Waals surface area contributed by atoms with Crippen LogP contribution >= 0.6 is 0 Å². The van der Waals surface area contributed by atoms with Crippen molar-refractivity contribution in [1.82, 2.24) is 4.90 Å². The third kappa shape index (κ3) is 3.45. The molecule has 0 saturated carbocycles. The summed E-state index contributed by atoms with van der Waals surface area (Å²) in [5.74, 6) is -0.186. The summed E-state index contributed by atoms with van der Waals surface area (Å²) < 4.78 is 5.05. The maximum Gasteiger partial charge on any atom is 0.273 e. The molecule has 0 radical (unpaired) electrons. The summed E-state index contributed by atoms with van der Waals surface area (Å²) in [7, 11) is 1.35. The lowest BCUT2D eigenvalue weighted by Gasteiger charge is -2.26. The number of nitrogens with zero attached hydrogens (tertiary/aromatic N) is 2. The molecule has 0 heterocycles. The van der Waals surface area contributed by atoms with Crippen molar-refractivity contribution in [3.8, 4) is 5.75 Å². The molecular formula is C13H18N2O5. The number of carbonyl (C=O) groups excluding carboxylic acids is 1. The van der Waals surface area contributed by atoms with Gasteiger partial charge in [-0.25, -0.2) is 0 Å². The van der Waals surface area contributed by atoms with Gasteiger partial charge in [0.25, 0.3) is 11.6 Å². The highest BCUT2D eigenvalue weighted by molar-refractivity contribution is 5.97. The summed E-state index contributed by atoms with van der Waals surface area (Å²) in [5, 5.41) is 19.7. The maximum absolute atomic E-state index is 12.4. The Hall–Kier alpha value is -2.15. The highest BCUT2D eigenvalue weighted by Gasteiger charge is 2.23. The van der Waals surface area contributed by atoms with Crippen LogP contribution in [-0.4, -0.2) is 47.1 Å². The molecule has 0 aliphatic rings. The summed E-state index contributed by atoms with van der Waals surface area (Å²) in [6.07, 6.45) is 0. The number of amides is 1. The van der Waals surface area contributed by atoms with Gasteiger partial charge in [0.1, 0.15) is 5.75 Å². The molecule has 0 saturated heterocycles. The number of ether oxygens (including phenoxy) is 1. The van der Waals surface area contributed by atoms with E-state index in [9.17, 15) is 14.9 Å². The van der Waals surface area contributed by atoms with Gasteiger partial charge < -0.3 is 14.7 Å². The van der Waals surface area contributed by atoms with Gasteiger partial charge in [0.2, 0.25) is 0 Å². The molecule has 0 aliphatic carbocycles. The Morgan fingerprint density at radius 3 is 2.60 bits per heavy atom. The number of non-ortho nitro benzene ring substituents is 1. The van der Waals surface area contributed by atoms with Crippen LogP contribution in [0.15, 0.2) is 18.2 Å². The zero-order valence-corrected chi connectivity index (χ0v) is 11.7. The number of aliphatic hydroxyl groups is 1. The summed E-state index contributed by atoms with van der Waals surface area (Å²) in [6, 6.07) is 3.73. The first-order valence-corrected chi connectivity index (χ1v) is 6.16. The van der Waals surface area contributed by atoms with Crippen LogP contribution in [0.25, 0.3) is 0 Å². The van der Waals surface area contributed by atoms with Gasteiger partial charge in [0, 0.05) is 18.7 Å². The Bertz CT molecular complexity index is 502. The van der Waals surface area contributed by atoms with E-state index in [2.05, 4.69) is 0 Å². The van der Waals surface area contributed by atoms with Gasteiger partial charge in [-0.15, -0.1) is 0 Å². The fourth-order valence-corrected chi connectivity index (χ4v) is 1.83. The summed E-state index contributed by atoms with van der Waals surface area (Å²) in [4.78, 5) is 24.0. The van der Waals surface area contributed by atoms with Crippen LogP contribution in [0.2, 0.25) is 0 Å². The SMILES string of the molecule is COc1cc([N+](=O)[O-])ccc1C(=O)N(CCO)C(C)C. The Labute approximate surface area is 116 Å². The molecule has 0 atom stereocenters. The van der Waals surface area contributed by atoms with Gasteiger partial charge in [-0.3, -0.25) is 14.9 Å². The van der Waals surface area contributed by atoms with Crippen molar-refractivity contribution in [2.45, 2.75) is 19.9 Å². The van der Waals surface area contributed by atoms with Gasteiger partial charge in [-0.2, -0.15) is 0 Å². The quantitative estimate of drug-likeness (QED) is 0.629. The van der Waals surface area contributed by atoms with Crippen molar-refractivity contribution in [2.75, 3.05) is 20.3 Å². The Morgan fingerprint density at radius 1 is 1.50 bits per heavy atom. The first kappa shape index (κ1) is 15.9. The minimum atomic E-state index is -0.551. The number of methoxy groups -OCH3 is 1. The van der Waals surface area contributed by atoms with E-state index in [1.807, 2.05) is 13.8 Å². The average Bonchev–Trinajstić information content (AvgIpc) is 2.42. The molecule has 0 aliphatic heterocycles. The van der Waals surface area contributed by atoms with Crippen molar-refractivity contribution in [1.29, 1.82) is 0 Å². The van der Waals surface area contributed by atoms with Crippen LogP contribution in [0.5, 0.6) is 5.75 Å². The van der Waals surface area contributed by atoms with E-state index in [4.69, 9.17) is 9.84 Å². The Kier molecular flexibility index (Phi) is 5.45. The van der Waals surface area contributed by atoms with E-state index >= 15 is 0 Å². The molecule has 0 spiro atoms. The van der Waals surface area contributed by atoms with Crippen molar-refractivity contribution in [2.24, 2.45) is 0 Å². The molecule has 1 amide bonds. The number of nitro groups is 1. The van der Waals surface area contributed by atoms with Crippen LogP contribution in [0.4, 0.5) is 5.69 Å². The molecule has 0 aromatic heterocycles. The lowest BCUT2D eigenvalue weighted by Crippen LogP contribution is -2.39. The monoisotopic (exact) mass is 282 g/mol. The number of hydrogen-bond acceptors (Lipinski definition) is 5. The largest absolute Gasteiger partial charge is 0.496 e. The Balaban J connectivity index is 3.17. The number of carbonyl (C=O) groups is 1. The first-order valence-electron chi connectivity index (χ1n) is 6.16. The van der Waals surface area contributed by atoms with Gasteiger partial charge >= 0.3 is 0 Å². The summed E-state index contributed by atoms with van der Waals surface area (Å²) >= 11 is 0. The third-order valence-corrected chi connectivity index (χ3v) is 2.85. The summed E-state index contributed by atoms with van der Waals surface area (Å²) in [6.45, 7) is 3.69. The second-order valence-electron chi connectivity index (χ2n) is 4.46. The molecule has 110 valence electrons. The van der Waals surface area contributed by atoms with Crippen LogP contribution in [0.1, 0.15) is 24.2 Å². The highest BCUT2D eigenvalue weighted by atomic mass is 16.6. The number of hydrogen-bond donors (Lipinski definition) is 1. The smallest absolute Gasteiger partial charge is 0.273 e. The van der Waals surface area contributed by atoms with E-state index < -0.39 is 4.92 Å². The molecule has 7 heteroatoms. The maximum atomic E-state index is 12.4. The molecule has 1 rings (SSSR count). The van der Waals surface area contributed by atoms with Gasteiger partial charge in [0.15, 0.2) is 0 Å². The second kappa shape index (κ2) is 6.85. The van der Waals surface area contributed by atoms with E-state index in [1.54, 1.807) is 0 Å². The van der Waals surface area contributed by atoms with Gasteiger partial charge in [0.05, 0.1) is 30.3 Å². The van der Waals surface area contributed by atoms with Gasteiger partial charge in [-0.05, 0) is 19.9 Å². The Morgan fingerprint density at radius 2 is 2.15 bits per heavy atom. The second-order valence-corrected chi connectivity index (χ2v) is 4.46. The molecule has 0 fully saturated rings. The third-order valence-electron chi connectivity index (χ3n) is 2.85. The van der Waals surface area contributed by atoms with Crippen LogP contribution in [0.3, 0.4) is 0 Å². The van der Waals surface area contributed by atoms with Crippen molar-refractivity contribution >= 4 is 11.6 Å². The predicted molar refractivity (Wildman–Crippen MR) is 72.9 cm³/mol. The summed E-state index contributed by atoms with van der Waals surface area (Å²) in [5.41, 5.74) is 0.0944. The number of benzene rings is 1. The fourth-order valence-electron chi connectivity index (χ4n) is 1.83. The zero-order chi connectivity index (χ0) is 15.3. The van der Waals surface area contributed by atoms with Gasteiger partial charge in [-0.1, -0.05) is 0 Å². The number of rotatable bonds is 6. The van der Waals surface area contributed by atoms with Crippen molar-refractivity contribution in [3.63, 3.8) is 0 Å². The van der Waals surface area contributed by atoms with E-state index in [0.29, 0.717) is 0 Å². The minimum Gasteiger partial charge on any atom is -0.496 e. The lowest BCUT2D eigenvalue weighted by atomic mass is 10.1. The number of aliphatic hydroxyl groups excluding tert-OH is 1. The first-order chi connectivity index (χ1) is 9.42. The lowest BCUT2D eigenvalue weighted by molar-refractivity contribution is -0.384. The van der Waals surface area contributed by atoms with Crippen LogP contribution < -0.4 is 4.74 Å². The highest BCUT2D eigenvalue weighted by Crippen LogP contribution is 2.26. The van der Waals surface area contributed by atoms with E-state index in [0.717, 1.165) is 0 Å². The molecule has 7 nitrogen and oxygen atoms in total. The van der Waals surface area contributed by atoms with Crippen LogP contribution in [0, 0.1) is 10.1 Å². The molecule has 0 bridgehead atoms. The fraction of sp³-hybridized carbons (Fsp3) is 0.462. The molecule has 1 N–H and O–H groups in total. The predicted octanol–water partition coefficient (Wildman–Crippen LogP) is 1.45. The molecule has 1 aromatic carbocycles. The minimum absolute atomic E-state index is 0.102. The molecule has 0 unspecified atom stereocenters. The van der Waals surface area contributed by atoms with Crippen molar-refractivity contribution in [3.05, 3.63) is 33.9 Å². The van der Waals surface area contributed by atoms with Crippen molar-refractivity contribution < 1.29 is 19.6 Å². The average molecular weight is 282 g/mol. The van der Waals surface area contributed by atoms with E-state index in [-0.39, 0.29) is 42.1 Å². The topological polar surface area (TPSA) is 92.9 Å². The number of nitro benzene ring substituents is 1. The molecule has 1 aromatic rings. The standard InChI is InChI=1S/C13H18N2O5/c1-9(2)14(6-7-16)13(17)11-5-4-10(15(18)19)8-12(11)20-3/h4-5,8-9,16H,6-7H2,1-3H3. The molecule has 20 heavy (non-hydrogen) atoms. The van der Waals surface area contributed by atoms with Crippen LogP contribution in [-0.2, 0) is 0 Å². The molecular weight excluding hydrogens is 264 g/mol. The van der Waals surface area contributed by atoms with E-state index in [1.165, 1.54) is 30.2 Å². The normalized spacial score (nSPS) is 10.4.